The number of nitrogens with zero attached hydrogens (tertiary/aromatic N) is 2. The third-order valence-electron chi connectivity index (χ3n) is 6.99. The molecule has 33 heavy (non-hydrogen) atoms. The zero-order chi connectivity index (χ0) is 23.0. The standard InChI is InChI=1S/C31H44N2/c1-2-3-4-5-6-7-8-9-10-17-22-31(33-24-23-32-27-33)30(25-28-18-13-11-14-19-28)26-29-20-15-12-16-21-29/h11-16,18-21,23-24,27,30-31H,2-10,17,22,25-26H2,1H3. The number of rotatable bonds is 17. The van der Waals surface area contributed by atoms with Gasteiger partial charge in [0.15, 0.2) is 0 Å². The SMILES string of the molecule is CCCCCCCCCCCCC(C(Cc1ccccc1)Cc1ccccc1)n1ccnc1. The summed E-state index contributed by atoms with van der Waals surface area (Å²) in [6.45, 7) is 2.29. The fraction of sp³-hybridized carbons (Fsp3) is 0.516. The third-order valence-corrected chi connectivity index (χ3v) is 6.99. The first-order valence-electron chi connectivity index (χ1n) is 13.4. The predicted molar refractivity (Wildman–Crippen MR) is 142 cm³/mol. The van der Waals surface area contributed by atoms with Crippen LogP contribution >= 0.6 is 0 Å². The molecule has 0 aliphatic carbocycles. The molecule has 2 nitrogen and oxygen atoms in total. The molecule has 0 aliphatic heterocycles. The van der Waals surface area contributed by atoms with E-state index in [0.29, 0.717) is 12.0 Å². The number of hydrogen-bond acceptors (Lipinski definition) is 1. The van der Waals surface area contributed by atoms with E-state index in [2.05, 4.69) is 83.3 Å². The van der Waals surface area contributed by atoms with Gasteiger partial charge < -0.3 is 4.57 Å². The smallest absolute Gasteiger partial charge is 0.0948 e. The van der Waals surface area contributed by atoms with E-state index < -0.39 is 0 Å². The molecule has 0 spiro atoms. The van der Waals surface area contributed by atoms with E-state index in [1.54, 1.807) is 0 Å². The largest absolute Gasteiger partial charge is 0.334 e. The van der Waals surface area contributed by atoms with Crippen LogP contribution in [0.5, 0.6) is 0 Å². The molecule has 3 rings (SSSR count). The second-order valence-electron chi connectivity index (χ2n) is 9.69. The van der Waals surface area contributed by atoms with Gasteiger partial charge in [0, 0.05) is 18.4 Å². The van der Waals surface area contributed by atoms with E-state index in [1.165, 1.54) is 81.8 Å². The Bertz CT molecular complexity index is 784. The van der Waals surface area contributed by atoms with Crippen molar-refractivity contribution in [1.82, 2.24) is 9.55 Å². The van der Waals surface area contributed by atoms with E-state index in [0.717, 1.165) is 12.8 Å². The molecule has 1 aromatic heterocycles. The third kappa shape index (κ3) is 9.58. The van der Waals surface area contributed by atoms with Gasteiger partial charge >= 0.3 is 0 Å². The molecule has 0 saturated heterocycles. The van der Waals surface area contributed by atoms with Crippen molar-refractivity contribution in [1.29, 1.82) is 0 Å². The van der Waals surface area contributed by atoms with Gasteiger partial charge in [0.2, 0.25) is 0 Å². The molecule has 0 N–H and O–H groups in total. The van der Waals surface area contributed by atoms with Gasteiger partial charge in [0.1, 0.15) is 0 Å². The topological polar surface area (TPSA) is 17.8 Å². The summed E-state index contributed by atoms with van der Waals surface area (Å²) in [5.74, 6) is 0.558. The average Bonchev–Trinajstić information content (AvgIpc) is 3.38. The highest BCUT2D eigenvalue weighted by atomic mass is 15.1. The summed E-state index contributed by atoms with van der Waals surface area (Å²) in [6.07, 6.45) is 23.5. The number of benzene rings is 2. The van der Waals surface area contributed by atoms with Crippen LogP contribution in [0.25, 0.3) is 0 Å². The molecule has 0 bridgehead atoms. The first-order chi connectivity index (χ1) is 16.4. The Morgan fingerprint density at radius 2 is 1.18 bits per heavy atom. The molecule has 1 unspecified atom stereocenters. The molecule has 0 amide bonds. The normalized spacial score (nSPS) is 12.3. The molecular weight excluding hydrogens is 400 g/mol. The highest BCUT2D eigenvalue weighted by Gasteiger charge is 2.23. The van der Waals surface area contributed by atoms with Gasteiger partial charge in [-0.05, 0) is 36.3 Å². The van der Waals surface area contributed by atoms with Gasteiger partial charge in [0.25, 0.3) is 0 Å². The summed E-state index contributed by atoms with van der Waals surface area (Å²) < 4.78 is 2.38. The lowest BCUT2D eigenvalue weighted by atomic mass is 9.84. The zero-order valence-corrected chi connectivity index (χ0v) is 20.7. The van der Waals surface area contributed by atoms with Gasteiger partial charge in [-0.15, -0.1) is 0 Å². The number of imidazole rings is 1. The number of aromatic nitrogens is 2. The minimum absolute atomic E-state index is 0.488. The minimum Gasteiger partial charge on any atom is -0.334 e. The van der Waals surface area contributed by atoms with E-state index in [9.17, 15) is 0 Å². The summed E-state index contributed by atoms with van der Waals surface area (Å²) in [4.78, 5) is 4.40. The van der Waals surface area contributed by atoms with Crippen LogP contribution < -0.4 is 0 Å². The van der Waals surface area contributed by atoms with Gasteiger partial charge in [0.05, 0.1) is 6.33 Å². The van der Waals surface area contributed by atoms with Gasteiger partial charge in [-0.2, -0.15) is 0 Å². The highest BCUT2D eigenvalue weighted by molar-refractivity contribution is 5.19. The van der Waals surface area contributed by atoms with Crippen molar-refractivity contribution >= 4 is 0 Å². The van der Waals surface area contributed by atoms with Crippen molar-refractivity contribution in [2.75, 3.05) is 0 Å². The second kappa shape index (κ2) is 15.5. The maximum absolute atomic E-state index is 4.40. The van der Waals surface area contributed by atoms with E-state index >= 15 is 0 Å². The van der Waals surface area contributed by atoms with Gasteiger partial charge in [-0.1, -0.05) is 132 Å². The Kier molecular flexibility index (Phi) is 11.9. The van der Waals surface area contributed by atoms with Crippen molar-refractivity contribution in [3.63, 3.8) is 0 Å². The van der Waals surface area contributed by atoms with Crippen LogP contribution in [0, 0.1) is 5.92 Å². The Morgan fingerprint density at radius 3 is 1.67 bits per heavy atom. The quantitative estimate of drug-likeness (QED) is 0.190. The molecule has 0 radical (unpaired) electrons. The van der Waals surface area contributed by atoms with Gasteiger partial charge in [-0.25, -0.2) is 4.98 Å². The lowest BCUT2D eigenvalue weighted by Gasteiger charge is -2.29. The maximum atomic E-state index is 4.40. The Balaban J connectivity index is 1.56. The molecule has 1 heterocycles. The molecule has 0 saturated carbocycles. The van der Waals surface area contributed by atoms with E-state index in [-0.39, 0.29) is 0 Å². The summed E-state index contributed by atoms with van der Waals surface area (Å²) in [5.41, 5.74) is 2.87. The van der Waals surface area contributed by atoms with Crippen LogP contribution in [-0.4, -0.2) is 9.55 Å². The average molecular weight is 445 g/mol. The number of hydrogen-bond donors (Lipinski definition) is 0. The molecule has 0 fully saturated rings. The fourth-order valence-electron chi connectivity index (χ4n) is 5.11. The highest BCUT2D eigenvalue weighted by Crippen LogP contribution is 2.31. The van der Waals surface area contributed by atoms with Crippen molar-refractivity contribution in [3.8, 4) is 0 Å². The van der Waals surface area contributed by atoms with Crippen LogP contribution in [0.15, 0.2) is 79.4 Å². The molecule has 3 aromatic rings. The van der Waals surface area contributed by atoms with Crippen LogP contribution in [-0.2, 0) is 12.8 Å². The maximum Gasteiger partial charge on any atom is 0.0948 e. The van der Waals surface area contributed by atoms with Crippen LogP contribution in [0.4, 0.5) is 0 Å². The summed E-state index contributed by atoms with van der Waals surface area (Å²) >= 11 is 0. The Labute approximate surface area is 202 Å². The zero-order valence-electron chi connectivity index (χ0n) is 20.7. The molecule has 178 valence electrons. The Hall–Kier alpha value is -2.35. The lowest BCUT2D eigenvalue weighted by molar-refractivity contribution is 0.295. The first-order valence-corrected chi connectivity index (χ1v) is 13.4. The first kappa shape index (κ1) is 25.3. The van der Waals surface area contributed by atoms with Crippen LogP contribution in [0.2, 0.25) is 0 Å². The molecule has 2 heteroatoms. The van der Waals surface area contributed by atoms with Gasteiger partial charge in [-0.3, -0.25) is 0 Å². The van der Waals surface area contributed by atoms with E-state index in [4.69, 9.17) is 0 Å². The predicted octanol–water partition coefficient (Wildman–Crippen LogP) is 8.84. The molecule has 2 aromatic carbocycles. The molecular formula is C31H44N2. The minimum atomic E-state index is 0.488. The van der Waals surface area contributed by atoms with Crippen molar-refractivity contribution in [2.45, 2.75) is 96.4 Å². The molecule has 0 aliphatic rings. The fourth-order valence-corrected chi connectivity index (χ4v) is 5.11. The Morgan fingerprint density at radius 1 is 0.667 bits per heavy atom. The van der Waals surface area contributed by atoms with Crippen molar-refractivity contribution in [2.24, 2.45) is 5.92 Å². The summed E-state index contributed by atoms with van der Waals surface area (Å²) in [7, 11) is 0. The monoisotopic (exact) mass is 444 g/mol. The van der Waals surface area contributed by atoms with Crippen molar-refractivity contribution < 1.29 is 0 Å². The van der Waals surface area contributed by atoms with E-state index in [1.807, 2.05) is 12.5 Å². The van der Waals surface area contributed by atoms with Crippen LogP contribution in [0.3, 0.4) is 0 Å². The summed E-state index contributed by atoms with van der Waals surface area (Å²) in [6, 6.07) is 22.5. The number of unbranched alkanes of at least 4 members (excludes halogenated alkanes) is 9. The van der Waals surface area contributed by atoms with Crippen LogP contribution in [0.1, 0.15) is 94.7 Å². The molecule has 1 atom stereocenters. The summed E-state index contributed by atoms with van der Waals surface area (Å²) in [5, 5.41) is 0. The second-order valence-corrected chi connectivity index (χ2v) is 9.69. The lowest BCUT2D eigenvalue weighted by Crippen LogP contribution is -2.23. The van der Waals surface area contributed by atoms with Crippen molar-refractivity contribution in [3.05, 3.63) is 90.5 Å².